The highest BCUT2D eigenvalue weighted by atomic mass is 35.5. The molecule has 2 saturated heterocycles. The zero-order chi connectivity index (χ0) is 17.5. The van der Waals surface area contributed by atoms with Crippen LogP contribution >= 0.6 is 22.9 Å². The van der Waals surface area contributed by atoms with E-state index >= 15 is 0 Å². The second-order valence-electron chi connectivity index (χ2n) is 8.11. The van der Waals surface area contributed by atoms with E-state index < -0.39 is 0 Å². The van der Waals surface area contributed by atoms with Gasteiger partial charge in [0.05, 0.1) is 4.70 Å². The van der Waals surface area contributed by atoms with Gasteiger partial charge in [-0.1, -0.05) is 11.6 Å². The Balaban J connectivity index is 1.19. The van der Waals surface area contributed by atoms with Crippen molar-refractivity contribution in [3.63, 3.8) is 0 Å². The number of aromatic nitrogens is 2. The predicted molar refractivity (Wildman–Crippen MR) is 106 cm³/mol. The number of hydrogen-bond acceptors (Lipinski definition) is 6. The summed E-state index contributed by atoms with van der Waals surface area (Å²) in [6.07, 6.45) is 4.96. The standard InChI is InChI=1S/C19H25ClN4OS/c20-18-16-3-6-26-17(16)19(23-22-18)21-15-7-13-10-24(11-14(13)8-15)9-12-1-4-25-5-2-12/h3,6,12-15H,1-2,4-5,7-11H2,(H,21,23)/t13-,14?,15+/m1/s1. The van der Waals surface area contributed by atoms with Gasteiger partial charge in [-0.25, -0.2) is 0 Å². The summed E-state index contributed by atoms with van der Waals surface area (Å²) in [6.45, 7) is 5.71. The van der Waals surface area contributed by atoms with Crippen molar-refractivity contribution in [1.82, 2.24) is 15.1 Å². The van der Waals surface area contributed by atoms with E-state index in [9.17, 15) is 0 Å². The van der Waals surface area contributed by atoms with Crippen LogP contribution in [-0.4, -0.2) is 54.0 Å². The Morgan fingerprint density at radius 3 is 2.73 bits per heavy atom. The normalized spacial score (nSPS) is 30.1. The largest absolute Gasteiger partial charge is 0.381 e. The van der Waals surface area contributed by atoms with Gasteiger partial charge in [0.1, 0.15) is 0 Å². The Bertz CT molecular complexity index is 764. The molecule has 0 bridgehead atoms. The number of rotatable bonds is 4. The Morgan fingerprint density at radius 1 is 1.19 bits per heavy atom. The minimum absolute atomic E-state index is 0.499. The van der Waals surface area contributed by atoms with Gasteiger partial charge in [-0.3, -0.25) is 0 Å². The Labute approximate surface area is 163 Å². The average molecular weight is 393 g/mol. The van der Waals surface area contributed by atoms with Crippen molar-refractivity contribution < 1.29 is 4.74 Å². The third-order valence-electron chi connectivity index (χ3n) is 6.37. The first-order chi connectivity index (χ1) is 12.8. The molecule has 3 fully saturated rings. The summed E-state index contributed by atoms with van der Waals surface area (Å²) in [4.78, 5) is 2.71. The molecule has 5 rings (SSSR count). The molecule has 1 unspecified atom stereocenters. The van der Waals surface area contributed by atoms with Gasteiger partial charge in [0, 0.05) is 44.3 Å². The average Bonchev–Trinajstić information content (AvgIpc) is 3.33. The predicted octanol–water partition coefficient (Wildman–Crippen LogP) is 3.89. The van der Waals surface area contributed by atoms with Crippen LogP contribution in [0.2, 0.25) is 5.15 Å². The van der Waals surface area contributed by atoms with Gasteiger partial charge in [0.25, 0.3) is 0 Å². The van der Waals surface area contributed by atoms with Crippen molar-refractivity contribution >= 4 is 38.8 Å². The molecule has 3 aliphatic rings. The van der Waals surface area contributed by atoms with Crippen molar-refractivity contribution in [2.75, 3.05) is 38.2 Å². The SMILES string of the molecule is Clc1nnc(N[C@@H]2CC3CN(CC4CCOCC4)C[C@H]3C2)c2sccc12. The van der Waals surface area contributed by atoms with Gasteiger partial charge < -0.3 is 15.0 Å². The van der Waals surface area contributed by atoms with Crippen molar-refractivity contribution in [2.24, 2.45) is 17.8 Å². The number of hydrogen-bond donors (Lipinski definition) is 1. The first kappa shape index (κ1) is 17.2. The third-order valence-corrected chi connectivity index (χ3v) is 7.57. The molecular formula is C19H25ClN4OS. The van der Waals surface area contributed by atoms with Crippen molar-refractivity contribution in [3.8, 4) is 0 Å². The summed E-state index contributed by atoms with van der Waals surface area (Å²) in [5.41, 5.74) is 0. The third kappa shape index (κ3) is 3.33. The number of ether oxygens (including phenoxy) is 1. The van der Waals surface area contributed by atoms with Gasteiger partial charge in [0.2, 0.25) is 0 Å². The van der Waals surface area contributed by atoms with E-state index in [4.69, 9.17) is 16.3 Å². The molecule has 26 heavy (non-hydrogen) atoms. The van der Waals surface area contributed by atoms with Crippen LogP contribution in [0.1, 0.15) is 25.7 Å². The van der Waals surface area contributed by atoms with E-state index in [1.165, 1.54) is 45.3 Å². The molecule has 7 heteroatoms. The fourth-order valence-electron chi connectivity index (χ4n) is 5.09. The molecule has 0 aromatic carbocycles. The summed E-state index contributed by atoms with van der Waals surface area (Å²) in [5, 5.41) is 15.7. The van der Waals surface area contributed by atoms with E-state index in [0.717, 1.165) is 46.9 Å². The minimum Gasteiger partial charge on any atom is -0.381 e. The molecule has 2 aliphatic heterocycles. The fourth-order valence-corrected chi connectivity index (χ4v) is 6.19. The maximum Gasteiger partial charge on any atom is 0.167 e. The van der Waals surface area contributed by atoms with Crippen LogP contribution in [-0.2, 0) is 4.74 Å². The molecule has 2 aromatic rings. The smallest absolute Gasteiger partial charge is 0.167 e. The number of nitrogens with zero attached hydrogens (tertiary/aromatic N) is 3. The highest BCUT2D eigenvalue weighted by molar-refractivity contribution is 7.17. The summed E-state index contributed by atoms with van der Waals surface area (Å²) >= 11 is 7.84. The Kier molecular flexibility index (Phi) is 4.77. The van der Waals surface area contributed by atoms with Crippen LogP contribution in [0.5, 0.6) is 0 Å². The van der Waals surface area contributed by atoms with Gasteiger partial charge >= 0.3 is 0 Å². The van der Waals surface area contributed by atoms with Crippen LogP contribution in [0.25, 0.3) is 10.1 Å². The minimum atomic E-state index is 0.499. The molecule has 4 heterocycles. The summed E-state index contributed by atoms with van der Waals surface area (Å²) in [5.74, 6) is 3.40. The summed E-state index contributed by atoms with van der Waals surface area (Å²) in [7, 11) is 0. The van der Waals surface area contributed by atoms with Gasteiger partial charge in [-0.2, -0.15) is 0 Å². The quantitative estimate of drug-likeness (QED) is 0.855. The maximum absolute atomic E-state index is 6.15. The van der Waals surface area contributed by atoms with E-state index in [0.29, 0.717) is 11.2 Å². The van der Waals surface area contributed by atoms with Crippen molar-refractivity contribution in [2.45, 2.75) is 31.7 Å². The molecule has 1 N–H and O–H groups in total. The van der Waals surface area contributed by atoms with Crippen LogP contribution in [0.15, 0.2) is 11.4 Å². The lowest BCUT2D eigenvalue weighted by Crippen LogP contribution is -2.32. The molecule has 140 valence electrons. The zero-order valence-corrected chi connectivity index (χ0v) is 16.4. The van der Waals surface area contributed by atoms with E-state index in [1.807, 2.05) is 6.07 Å². The van der Waals surface area contributed by atoms with E-state index in [-0.39, 0.29) is 0 Å². The molecule has 0 radical (unpaired) electrons. The van der Waals surface area contributed by atoms with Crippen LogP contribution in [0.3, 0.4) is 0 Å². The first-order valence-electron chi connectivity index (χ1n) is 9.72. The highest BCUT2D eigenvalue weighted by Crippen LogP contribution is 2.41. The number of halogens is 1. The molecule has 1 aliphatic carbocycles. The second kappa shape index (κ2) is 7.23. The van der Waals surface area contributed by atoms with Crippen molar-refractivity contribution in [1.29, 1.82) is 0 Å². The molecule has 5 nitrogen and oxygen atoms in total. The van der Waals surface area contributed by atoms with Crippen LogP contribution < -0.4 is 5.32 Å². The lowest BCUT2D eigenvalue weighted by Gasteiger charge is -2.27. The van der Waals surface area contributed by atoms with Crippen molar-refractivity contribution in [3.05, 3.63) is 16.6 Å². The van der Waals surface area contributed by atoms with Crippen LogP contribution in [0.4, 0.5) is 5.82 Å². The Hall–Kier alpha value is -0.950. The number of thiophene rings is 1. The lowest BCUT2D eigenvalue weighted by atomic mass is 10.00. The zero-order valence-electron chi connectivity index (χ0n) is 14.9. The Morgan fingerprint density at radius 2 is 1.96 bits per heavy atom. The molecule has 3 atom stereocenters. The maximum atomic E-state index is 6.15. The number of anilines is 1. The van der Waals surface area contributed by atoms with Crippen LogP contribution in [0, 0.1) is 17.8 Å². The van der Waals surface area contributed by atoms with Gasteiger partial charge in [-0.05, 0) is 54.9 Å². The molecule has 0 amide bonds. The molecule has 2 aromatic heterocycles. The highest BCUT2D eigenvalue weighted by Gasteiger charge is 2.41. The molecule has 0 spiro atoms. The lowest BCUT2D eigenvalue weighted by molar-refractivity contribution is 0.0545. The second-order valence-corrected chi connectivity index (χ2v) is 9.38. The molecule has 1 saturated carbocycles. The topological polar surface area (TPSA) is 50.3 Å². The van der Waals surface area contributed by atoms with Gasteiger partial charge in [0.15, 0.2) is 11.0 Å². The number of likely N-dealkylation sites (tertiary alicyclic amines) is 1. The monoisotopic (exact) mass is 392 g/mol. The fraction of sp³-hybridized carbons (Fsp3) is 0.684. The van der Waals surface area contributed by atoms with E-state index in [1.54, 1.807) is 11.3 Å². The number of nitrogens with one attached hydrogen (secondary N) is 1. The van der Waals surface area contributed by atoms with E-state index in [2.05, 4.69) is 25.8 Å². The first-order valence-corrected chi connectivity index (χ1v) is 11.0. The summed E-state index contributed by atoms with van der Waals surface area (Å²) < 4.78 is 6.62. The van der Waals surface area contributed by atoms with Gasteiger partial charge in [-0.15, -0.1) is 21.5 Å². The number of fused-ring (bicyclic) bond motifs is 2. The molecular weight excluding hydrogens is 368 g/mol. The summed E-state index contributed by atoms with van der Waals surface area (Å²) in [6, 6.07) is 2.54.